The van der Waals surface area contributed by atoms with Gasteiger partial charge in [0.05, 0.1) is 5.56 Å². The number of ether oxygens (including phenoxy) is 1. The SMILES string of the molecule is CC(C)(C)OC(=O)N1CC(N2CCC[C@@H](Nc3nnc(-c4ccc(C(F)(F)F)cc4O)c4c3CCC4)C2)C1. The molecule has 0 saturated carbocycles. The number of anilines is 1. The van der Waals surface area contributed by atoms with E-state index in [1.54, 1.807) is 4.90 Å². The Morgan fingerprint density at radius 3 is 2.50 bits per heavy atom. The lowest BCUT2D eigenvalue weighted by atomic mass is 9.99. The topological polar surface area (TPSA) is 90.8 Å². The standard InChI is InChI=1S/C27H34F3N5O3/c1-26(2,3)38-25(37)35-14-18(15-35)34-11-5-6-17(13-34)31-24-20-8-4-7-19(20)23(32-33-24)21-10-9-16(12-22(21)36)27(28,29)30/h9-10,12,17-18,36H,4-8,11,13-15H2,1-3H3,(H,31,33)/t17-/m1/s1. The summed E-state index contributed by atoms with van der Waals surface area (Å²) in [5.74, 6) is 0.260. The van der Waals surface area contributed by atoms with E-state index in [0.717, 1.165) is 68.5 Å². The predicted octanol–water partition coefficient (Wildman–Crippen LogP) is 4.85. The number of rotatable bonds is 4. The number of nitrogens with zero attached hydrogens (tertiary/aromatic N) is 4. The maximum atomic E-state index is 13.0. The molecule has 2 fully saturated rings. The fourth-order valence-corrected chi connectivity index (χ4v) is 5.54. The molecule has 0 unspecified atom stereocenters. The van der Waals surface area contributed by atoms with E-state index in [1.165, 1.54) is 6.07 Å². The lowest BCUT2D eigenvalue weighted by Gasteiger charge is -2.48. The summed E-state index contributed by atoms with van der Waals surface area (Å²) >= 11 is 0. The van der Waals surface area contributed by atoms with Crippen LogP contribution in [-0.2, 0) is 23.8 Å². The molecule has 0 radical (unpaired) electrons. The smallest absolute Gasteiger partial charge is 0.416 e. The van der Waals surface area contributed by atoms with Gasteiger partial charge in [0.25, 0.3) is 0 Å². The number of hydrogen-bond donors (Lipinski definition) is 2. The minimum absolute atomic E-state index is 0.170. The van der Waals surface area contributed by atoms with E-state index in [4.69, 9.17) is 4.74 Å². The number of halogens is 3. The summed E-state index contributed by atoms with van der Waals surface area (Å²) in [4.78, 5) is 16.4. The minimum atomic E-state index is -4.53. The van der Waals surface area contributed by atoms with E-state index < -0.39 is 23.1 Å². The number of alkyl halides is 3. The van der Waals surface area contributed by atoms with Gasteiger partial charge < -0.3 is 20.1 Å². The van der Waals surface area contributed by atoms with E-state index in [2.05, 4.69) is 20.4 Å². The summed E-state index contributed by atoms with van der Waals surface area (Å²) in [5, 5.41) is 22.7. The van der Waals surface area contributed by atoms with Crippen LogP contribution in [0.5, 0.6) is 5.75 Å². The van der Waals surface area contributed by atoms with Crippen molar-refractivity contribution in [1.29, 1.82) is 0 Å². The van der Waals surface area contributed by atoms with Gasteiger partial charge in [0.1, 0.15) is 17.0 Å². The second-order valence-corrected chi connectivity index (χ2v) is 11.5. The van der Waals surface area contributed by atoms with Gasteiger partial charge in [0, 0.05) is 42.8 Å². The molecule has 1 amide bonds. The van der Waals surface area contributed by atoms with E-state index in [0.29, 0.717) is 30.6 Å². The molecule has 2 N–H and O–H groups in total. The highest BCUT2D eigenvalue weighted by atomic mass is 19.4. The fraction of sp³-hybridized carbons (Fsp3) is 0.593. The van der Waals surface area contributed by atoms with Crippen molar-refractivity contribution < 1.29 is 27.8 Å². The lowest BCUT2D eigenvalue weighted by molar-refractivity contribution is -0.137. The predicted molar refractivity (Wildman–Crippen MR) is 136 cm³/mol. The van der Waals surface area contributed by atoms with Crippen LogP contribution in [0.3, 0.4) is 0 Å². The number of carbonyl (C=O) groups excluding carboxylic acids is 1. The number of fused-ring (bicyclic) bond motifs is 1. The number of aromatic nitrogens is 2. The summed E-state index contributed by atoms with van der Waals surface area (Å²) in [7, 11) is 0. The highest BCUT2D eigenvalue weighted by Crippen LogP contribution is 2.40. The third kappa shape index (κ3) is 5.52. The Morgan fingerprint density at radius 2 is 1.82 bits per heavy atom. The first-order valence-electron chi connectivity index (χ1n) is 13.2. The number of phenolic OH excluding ortho intramolecular Hbond substituents is 1. The van der Waals surface area contributed by atoms with Crippen LogP contribution in [0.1, 0.15) is 56.7 Å². The Balaban J connectivity index is 1.26. The van der Waals surface area contributed by atoms with Crippen molar-refractivity contribution in [2.24, 2.45) is 0 Å². The molecule has 206 valence electrons. The first kappa shape index (κ1) is 26.5. The highest BCUT2D eigenvalue weighted by Gasteiger charge is 2.39. The van der Waals surface area contributed by atoms with Crippen LogP contribution in [0.15, 0.2) is 18.2 Å². The zero-order valence-corrected chi connectivity index (χ0v) is 21.9. The normalized spacial score (nSPS) is 20.7. The number of carbonyl (C=O) groups is 1. The van der Waals surface area contributed by atoms with Gasteiger partial charge in [-0.25, -0.2) is 4.79 Å². The summed E-state index contributed by atoms with van der Waals surface area (Å²) in [6.45, 7) is 8.69. The molecule has 3 aliphatic rings. The van der Waals surface area contributed by atoms with Crippen molar-refractivity contribution in [3.05, 3.63) is 34.9 Å². The van der Waals surface area contributed by atoms with Crippen LogP contribution < -0.4 is 5.32 Å². The molecule has 1 atom stereocenters. The van der Waals surface area contributed by atoms with Gasteiger partial charge in [-0.2, -0.15) is 13.2 Å². The van der Waals surface area contributed by atoms with E-state index >= 15 is 0 Å². The molecule has 0 bridgehead atoms. The average molecular weight is 534 g/mol. The zero-order chi connectivity index (χ0) is 27.2. The quantitative estimate of drug-likeness (QED) is 0.581. The number of aromatic hydroxyl groups is 1. The Morgan fingerprint density at radius 1 is 1.08 bits per heavy atom. The zero-order valence-electron chi connectivity index (χ0n) is 21.9. The molecule has 5 rings (SSSR count). The molecule has 1 aromatic carbocycles. The molecule has 8 nitrogen and oxygen atoms in total. The number of likely N-dealkylation sites (tertiary alicyclic amines) is 2. The third-order valence-electron chi connectivity index (χ3n) is 7.44. The van der Waals surface area contributed by atoms with Crippen LogP contribution in [0.2, 0.25) is 0 Å². The monoisotopic (exact) mass is 533 g/mol. The van der Waals surface area contributed by atoms with E-state index in [9.17, 15) is 23.1 Å². The Bertz CT molecular complexity index is 1210. The van der Waals surface area contributed by atoms with Crippen molar-refractivity contribution >= 4 is 11.9 Å². The van der Waals surface area contributed by atoms with Gasteiger partial charge in [-0.15, -0.1) is 10.2 Å². The Hall–Kier alpha value is -3.08. The average Bonchev–Trinajstić information content (AvgIpc) is 3.28. The first-order chi connectivity index (χ1) is 17.9. The lowest BCUT2D eigenvalue weighted by Crippen LogP contribution is -2.63. The second kappa shape index (κ2) is 9.91. The number of piperidine rings is 1. The van der Waals surface area contributed by atoms with Crippen molar-refractivity contribution in [2.45, 2.75) is 76.7 Å². The molecular formula is C27H34F3N5O3. The number of hydrogen-bond acceptors (Lipinski definition) is 7. The molecular weight excluding hydrogens is 499 g/mol. The van der Waals surface area contributed by atoms with Crippen molar-refractivity contribution in [2.75, 3.05) is 31.5 Å². The number of nitrogens with one attached hydrogen (secondary N) is 1. The number of phenols is 1. The summed E-state index contributed by atoms with van der Waals surface area (Å²) in [6, 6.07) is 3.45. The Kier molecular flexibility index (Phi) is 6.91. The van der Waals surface area contributed by atoms with Crippen LogP contribution in [0, 0.1) is 0 Å². The van der Waals surface area contributed by atoms with Crippen LogP contribution in [0.4, 0.5) is 23.8 Å². The van der Waals surface area contributed by atoms with Crippen molar-refractivity contribution in [3.8, 4) is 17.0 Å². The molecule has 2 saturated heterocycles. The molecule has 2 aliphatic heterocycles. The molecule has 11 heteroatoms. The van der Waals surface area contributed by atoms with Gasteiger partial charge >= 0.3 is 12.3 Å². The van der Waals surface area contributed by atoms with Crippen molar-refractivity contribution in [3.63, 3.8) is 0 Å². The minimum Gasteiger partial charge on any atom is -0.507 e. The maximum absolute atomic E-state index is 13.0. The Labute approximate surface area is 220 Å². The first-order valence-corrected chi connectivity index (χ1v) is 13.2. The molecule has 0 spiro atoms. The van der Waals surface area contributed by atoms with Gasteiger partial charge in [0.2, 0.25) is 0 Å². The number of amides is 1. The summed E-state index contributed by atoms with van der Waals surface area (Å²) in [5.41, 5.74) is 1.24. The molecule has 2 aromatic rings. The van der Waals surface area contributed by atoms with Crippen LogP contribution >= 0.6 is 0 Å². The van der Waals surface area contributed by atoms with Gasteiger partial charge in [-0.1, -0.05) is 0 Å². The molecule has 1 aromatic heterocycles. The largest absolute Gasteiger partial charge is 0.507 e. The van der Waals surface area contributed by atoms with Gasteiger partial charge in [-0.05, 0) is 83.2 Å². The fourth-order valence-electron chi connectivity index (χ4n) is 5.54. The van der Waals surface area contributed by atoms with E-state index in [-0.39, 0.29) is 17.7 Å². The molecule has 38 heavy (non-hydrogen) atoms. The molecule has 3 heterocycles. The number of benzene rings is 1. The highest BCUT2D eigenvalue weighted by molar-refractivity contribution is 5.73. The maximum Gasteiger partial charge on any atom is 0.416 e. The van der Waals surface area contributed by atoms with Gasteiger partial charge in [0.15, 0.2) is 5.82 Å². The second-order valence-electron chi connectivity index (χ2n) is 11.5. The molecule has 1 aliphatic carbocycles. The summed E-state index contributed by atoms with van der Waals surface area (Å²) in [6.07, 6.45) is -0.375. The van der Waals surface area contributed by atoms with Crippen LogP contribution in [0.25, 0.3) is 11.3 Å². The van der Waals surface area contributed by atoms with Gasteiger partial charge in [-0.3, -0.25) is 4.90 Å². The van der Waals surface area contributed by atoms with E-state index in [1.807, 2.05) is 20.8 Å². The van der Waals surface area contributed by atoms with Crippen LogP contribution in [-0.4, -0.2) is 75.1 Å². The summed E-state index contributed by atoms with van der Waals surface area (Å²) < 4.78 is 44.6. The van der Waals surface area contributed by atoms with Crippen molar-refractivity contribution in [1.82, 2.24) is 20.0 Å². The third-order valence-corrected chi connectivity index (χ3v) is 7.44.